The van der Waals surface area contributed by atoms with Gasteiger partial charge in [-0.1, -0.05) is 111 Å². The van der Waals surface area contributed by atoms with Gasteiger partial charge in [0.05, 0.1) is 30.2 Å². The highest BCUT2D eigenvalue weighted by Crippen LogP contribution is 2.37. The topological polar surface area (TPSA) is 259 Å². The highest BCUT2D eigenvalue weighted by Gasteiger charge is 2.49. The smallest absolute Gasteiger partial charge is 0.354 e. The summed E-state index contributed by atoms with van der Waals surface area (Å²) in [7, 11) is 8.53. The molecular formula is C63H97ClF3N11O11. The first-order valence-electron chi connectivity index (χ1n) is 31.6. The molecular weight excluding hydrogens is 1180 g/mol. The number of hydrogen-bond acceptors (Lipinski definition) is 11. The standard InChI is InChI=1S/C63H97ClF3N11O11/c1-13-40(6)53-60(88)74(9)36-51(81)72(7)37-52(82)76(11)48(34-41-20-15-14-16-21-41)59(87)73(8)35-49(79)69-45(26-24-42-23-25-43(44(64)33-42)63(65,66)67)58(86)78-31-19-22-46(78)56(84)71-62(28-17-18-29-62)61(89)77(12)54(39(4)5)57(85)68-30-27-50(80)75(10)47(32-38(2)3)55(83)70-53/h23,25,33,38-41,45-48,53-54H,13-22,24,26-32,34-37H2,1-12H3,(H,68,85)(H,69,79)(H,70,83)(H,71,84)/t40-,45-,46-,47-,48-,53-,54-/m0/s1. The van der Waals surface area contributed by atoms with Crippen LogP contribution in [0.5, 0.6) is 0 Å². The van der Waals surface area contributed by atoms with Gasteiger partial charge in [0.15, 0.2) is 0 Å². The molecule has 2 saturated carbocycles. The van der Waals surface area contributed by atoms with Crippen molar-refractivity contribution < 1.29 is 65.9 Å². The molecule has 0 unspecified atom stereocenters. The van der Waals surface area contributed by atoms with Gasteiger partial charge in [0, 0.05) is 61.8 Å². The molecule has 2 aliphatic heterocycles. The van der Waals surface area contributed by atoms with E-state index in [-0.39, 0.29) is 76.3 Å². The van der Waals surface area contributed by atoms with Gasteiger partial charge in [0.1, 0.15) is 41.8 Å². The molecule has 1 spiro atoms. The van der Waals surface area contributed by atoms with Gasteiger partial charge in [-0.25, -0.2) is 0 Å². The molecule has 5 rings (SSSR count). The van der Waals surface area contributed by atoms with Gasteiger partial charge in [0.25, 0.3) is 0 Å². The molecule has 11 amide bonds. The number of halogens is 4. The molecule has 0 aromatic heterocycles. The third-order valence-corrected chi connectivity index (χ3v) is 18.7. The van der Waals surface area contributed by atoms with Crippen molar-refractivity contribution in [2.45, 2.75) is 199 Å². The van der Waals surface area contributed by atoms with Crippen molar-refractivity contribution in [3.63, 3.8) is 0 Å². The molecule has 2 saturated heterocycles. The second-order valence-corrected chi connectivity index (χ2v) is 26.4. The molecule has 0 bridgehead atoms. The fraction of sp³-hybridized carbons (Fsp3) is 0.730. The van der Waals surface area contributed by atoms with Crippen LogP contribution in [0.3, 0.4) is 0 Å². The van der Waals surface area contributed by atoms with Crippen molar-refractivity contribution in [2.75, 3.05) is 75.0 Å². The summed E-state index contributed by atoms with van der Waals surface area (Å²) in [6.45, 7) is 9.15. The molecule has 1 aromatic carbocycles. The van der Waals surface area contributed by atoms with Crippen molar-refractivity contribution in [1.29, 1.82) is 0 Å². The molecule has 4 N–H and O–H groups in total. The molecule has 0 radical (unpaired) electrons. The Labute approximate surface area is 527 Å². The summed E-state index contributed by atoms with van der Waals surface area (Å²) < 4.78 is 41.2. The maximum atomic E-state index is 15.0. The third kappa shape index (κ3) is 19.3. The number of benzene rings is 1. The minimum atomic E-state index is -4.74. The van der Waals surface area contributed by atoms with E-state index in [1.54, 1.807) is 20.8 Å². The number of hydrogen-bond donors (Lipinski definition) is 4. The number of alkyl halides is 3. The second-order valence-electron chi connectivity index (χ2n) is 26.0. The number of amides is 11. The first-order chi connectivity index (χ1) is 41.7. The minimum absolute atomic E-state index is 0.0351. The van der Waals surface area contributed by atoms with Crippen LogP contribution in [0.15, 0.2) is 18.2 Å². The van der Waals surface area contributed by atoms with Crippen LogP contribution in [0.1, 0.15) is 155 Å². The van der Waals surface area contributed by atoms with E-state index in [9.17, 15) is 65.9 Å². The number of carbonyl (C=O) groups excluding carboxylic acids is 11. The van der Waals surface area contributed by atoms with E-state index < -0.39 is 155 Å². The van der Waals surface area contributed by atoms with Crippen molar-refractivity contribution >= 4 is 76.6 Å². The van der Waals surface area contributed by atoms with Crippen molar-refractivity contribution in [3.8, 4) is 0 Å². The van der Waals surface area contributed by atoms with Gasteiger partial charge in [0.2, 0.25) is 65.0 Å². The molecule has 498 valence electrons. The summed E-state index contributed by atoms with van der Waals surface area (Å²) in [6, 6.07) is -3.74. The Morgan fingerprint density at radius 1 is 0.663 bits per heavy atom. The molecule has 2 heterocycles. The van der Waals surface area contributed by atoms with Crippen LogP contribution in [-0.4, -0.2) is 216 Å². The number of fused-ring (bicyclic) bond motifs is 1. The Balaban J connectivity index is 1.53. The Morgan fingerprint density at radius 3 is 1.88 bits per heavy atom. The van der Waals surface area contributed by atoms with Crippen LogP contribution in [-0.2, 0) is 65.3 Å². The van der Waals surface area contributed by atoms with E-state index in [1.165, 1.54) is 68.0 Å². The van der Waals surface area contributed by atoms with E-state index in [0.29, 0.717) is 31.2 Å². The Morgan fingerprint density at radius 2 is 1.28 bits per heavy atom. The molecule has 22 nitrogen and oxygen atoms in total. The average Bonchev–Trinajstić information content (AvgIpc) is 3.43. The van der Waals surface area contributed by atoms with E-state index in [4.69, 9.17) is 11.6 Å². The lowest BCUT2D eigenvalue weighted by molar-refractivity contribution is -0.149. The van der Waals surface area contributed by atoms with Crippen molar-refractivity contribution in [1.82, 2.24) is 55.6 Å². The van der Waals surface area contributed by atoms with E-state index in [2.05, 4.69) is 21.3 Å². The zero-order chi connectivity index (χ0) is 66.4. The van der Waals surface area contributed by atoms with Gasteiger partial charge in [-0.2, -0.15) is 13.2 Å². The van der Waals surface area contributed by atoms with Crippen LogP contribution < -0.4 is 21.3 Å². The highest BCUT2D eigenvalue weighted by molar-refractivity contribution is 6.31. The van der Waals surface area contributed by atoms with Gasteiger partial charge in [-0.05, 0) is 92.7 Å². The lowest BCUT2D eigenvalue weighted by Crippen LogP contribution is -2.64. The average molecular weight is 1280 g/mol. The monoisotopic (exact) mass is 1280 g/mol. The Bertz CT molecular complexity index is 2720. The van der Waals surface area contributed by atoms with Crippen LogP contribution >= 0.6 is 11.6 Å². The van der Waals surface area contributed by atoms with Gasteiger partial charge >= 0.3 is 6.18 Å². The minimum Gasteiger partial charge on any atom is -0.354 e. The Hall–Kier alpha value is -6.53. The molecule has 4 aliphatic rings. The number of nitrogens with zero attached hydrogens (tertiary/aromatic N) is 7. The zero-order valence-electron chi connectivity index (χ0n) is 54.2. The summed E-state index contributed by atoms with van der Waals surface area (Å²) in [5.41, 5.74) is -2.24. The molecule has 4 fully saturated rings. The van der Waals surface area contributed by atoms with Crippen LogP contribution in [0.4, 0.5) is 13.2 Å². The largest absolute Gasteiger partial charge is 0.417 e. The number of aryl methyl sites for hydroxylation is 1. The van der Waals surface area contributed by atoms with E-state index in [1.807, 2.05) is 20.8 Å². The third-order valence-electron chi connectivity index (χ3n) is 18.4. The fourth-order valence-corrected chi connectivity index (χ4v) is 13.1. The quantitative estimate of drug-likeness (QED) is 0.248. The number of carbonyl (C=O) groups is 11. The van der Waals surface area contributed by atoms with E-state index >= 15 is 0 Å². The van der Waals surface area contributed by atoms with Crippen LogP contribution in [0.25, 0.3) is 0 Å². The highest BCUT2D eigenvalue weighted by atomic mass is 35.5. The van der Waals surface area contributed by atoms with Crippen LogP contribution in [0.2, 0.25) is 5.02 Å². The summed E-state index contributed by atoms with van der Waals surface area (Å²) in [6.07, 6.45) is 2.11. The predicted molar refractivity (Wildman–Crippen MR) is 328 cm³/mol. The van der Waals surface area contributed by atoms with Gasteiger partial charge in [-0.15, -0.1) is 0 Å². The molecule has 89 heavy (non-hydrogen) atoms. The molecule has 2 aliphatic carbocycles. The normalized spacial score (nSPS) is 25.6. The summed E-state index contributed by atoms with van der Waals surface area (Å²) >= 11 is 6.10. The lowest BCUT2D eigenvalue weighted by atomic mass is 9.84. The van der Waals surface area contributed by atoms with Crippen molar-refractivity contribution in [3.05, 3.63) is 34.3 Å². The lowest BCUT2D eigenvalue weighted by Gasteiger charge is -2.39. The van der Waals surface area contributed by atoms with E-state index in [0.717, 1.165) is 58.9 Å². The Kier molecular flexibility index (Phi) is 26.7. The van der Waals surface area contributed by atoms with Crippen LogP contribution in [0, 0.1) is 23.7 Å². The predicted octanol–water partition coefficient (Wildman–Crippen LogP) is 4.78. The summed E-state index contributed by atoms with van der Waals surface area (Å²) in [4.78, 5) is 167. The summed E-state index contributed by atoms with van der Waals surface area (Å²) in [5.74, 6) is -7.77. The van der Waals surface area contributed by atoms with Gasteiger partial charge in [-0.3, -0.25) is 52.7 Å². The fourth-order valence-electron chi connectivity index (χ4n) is 12.8. The maximum Gasteiger partial charge on any atom is 0.417 e. The second kappa shape index (κ2) is 32.5. The number of likely N-dealkylation sites (N-methyl/N-ethyl adjacent to an activating group) is 6. The summed E-state index contributed by atoms with van der Waals surface area (Å²) in [5, 5.41) is 10.8. The molecule has 7 atom stereocenters. The number of nitrogens with one attached hydrogen (secondary N) is 4. The number of rotatable bonds is 10. The first-order valence-corrected chi connectivity index (χ1v) is 32.0. The maximum absolute atomic E-state index is 15.0. The first kappa shape index (κ1) is 73.2. The molecule has 1 aromatic rings. The zero-order valence-corrected chi connectivity index (χ0v) is 55.0. The van der Waals surface area contributed by atoms with Crippen molar-refractivity contribution in [2.24, 2.45) is 23.7 Å². The molecule has 26 heteroatoms. The van der Waals surface area contributed by atoms with Gasteiger partial charge < -0.3 is 55.6 Å². The SMILES string of the molecule is CC[C@H](C)[C@@H]1NC(=O)[C@H](CC(C)C)N(C)C(=O)CCNC(=O)[C@H](C(C)C)N(C)C(=O)C2(CCCC2)NC(=O)[C@@H]2CCCN2C(=O)[C@H](CCc2ccc(C(F)(F)F)c(Cl)c2)NC(=O)CN(C)C(=O)[C@H](CC2CCCCC2)N(C)C(=O)CN(C)C(=O)CN(C)C1=O.